The number of carbonyl (C=O) groups is 1. The molecule has 0 aromatic carbocycles. The van der Waals surface area contributed by atoms with Gasteiger partial charge in [0.1, 0.15) is 0 Å². The van der Waals surface area contributed by atoms with Crippen molar-refractivity contribution in [3.63, 3.8) is 0 Å². The lowest BCUT2D eigenvalue weighted by molar-refractivity contribution is -0.135. The Balaban J connectivity index is 0. The van der Waals surface area contributed by atoms with Gasteiger partial charge in [0.05, 0.1) is 12.8 Å². The molecule has 0 saturated heterocycles. The first-order valence-electron chi connectivity index (χ1n) is 5.46. The summed E-state index contributed by atoms with van der Waals surface area (Å²) in [7, 11) is -4.10. The van der Waals surface area contributed by atoms with E-state index in [1.54, 1.807) is 0 Å². The van der Waals surface area contributed by atoms with Gasteiger partial charge in [0.2, 0.25) is 0 Å². The third-order valence-corrected chi connectivity index (χ3v) is 2.57. The number of nitrogens with one attached hydrogen (secondary N) is 1. The Labute approximate surface area is 102 Å². The highest BCUT2D eigenvalue weighted by atomic mass is 31.2. The van der Waals surface area contributed by atoms with E-state index in [2.05, 4.69) is 31.0 Å². The molecule has 0 fully saturated rings. The van der Waals surface area contributed by atoms with Crippen molar-refractivity contribution in [1.29, 1.82) is 0 Å². The van der Waals surface area contributed by atoms with Gasteiger partial charge in [0.25, 0.3) is 0 Å². The number of hydrogen-bond acceptors (Lipinski definition) is 4. The van der Waals surface area contributed by atoms with Crippen LogP contribution in [0.2, 0.25) is 0 Å². The van der Waals surface area contributed by atoms with Crippen molar-refractivity contribution in [3.8, 4) is 0 Å². The van der Waals surface area contributed by atoms with Crippen LogP contribution in [0.25, 0.3) is 0 Å². The monoisotopic (exact) mass is 270 g/mol. The van der Waals surface area contributed by atoms with Gasteiger partial charge in [-0.3, -0.25) is 14.7 Å². The zero-order valence-electron chi connectivity index (χ0n) is 10.6. The number of hydrogen-bond donors (Lipinski definition) is 4. The van der Waals surface area contributed by atoms with E-state index in [1.165, 1.54) is 19.6 Å². The first kappa shape index (κ1) is 18.9. The Morgan fingerprint density at radius 2 is 1.59 bits per heavy atom. The van der Waals surface area contributed by atoms with Crippen molar-refractivity contribution in [2.24, 2.45) is 0 Å². The highest BCUT2D eigenvalue weighted by molar-refractivity contribution is 7.51. The topological polar surface area (TPSA) is 110 Å². The predicted octanol–water partition coefficient (Wildman–Crippen LogP) is 0.144. The maximum Gasteiger partial charge on any atom is 0.339 e. The lowest BCUT2D eigenvalue weighted by atomic mass is 10.5. The average Bonchev–Trinajstić information content (AvgIpc) is 2.18. The van der Waals surface area contributed by atoms with Gasteiger partial charge in [-0.15, -0.1) is 0 Å². The fraction of sp³-hybridized carbons (Fsp3) is 0.889. The molecule has 0 bridgehead atoms. The molecule has 0 spiro atoms. The Kier molecular flexibility index (Phi) is 11.9. The summed E-state index contributed by atoms with van der Waals surface area (Å²) in [6.45, 7) is 9.69. The molecule has 4 N–H and O–H groups in total. The third kappa shape index (κ3) is 18.1. The second-order valence-corrected chi connectivity index (χ2v) is 4.91. The molecule has 0 aliphatic rings. The number of carboxylic acid groups (broad SMARTS) is 1. The summed E-state index contributed by atoms with van der Waals surface area (Å²) in [6.07, 6.45) is -0.598. The summed E-state index contributed by atoms with van der Waals surface area (Å²) in [5.41, 5.74) is 0. The van der Waals surface area contributed by atoms with Gasteiger partial charge in [-0.05, 0) is 19.6 Å². The Bertz CT molecular complexity index is 234. The summed E-state index contributed by atoms with van der Waals surface area (Å²) in [5.74, 6) is -1.14. The van der Waals surface area contributed by atoms with E-state index in [-0.39, 0.29) is 0 Å². The first-order chi connectivity index (χ1) is 7.76. The molecule has 0 aliphatic heterocycles. The second kappa shape index (κ2) is 10.7. The largest absolute Gasteiger partial charge is 0.480 e. The minimum atomic E-state index is -4.10. The van der Waals surface area contributed by atoms with Crippen LogP contribution in [0.4, 0.5) is 0 Å². The van der Waals surface area contributed by atoms with E-state index in [0.717, 1.165) is 0 Å². The zero-order chi connectivity index (χ0) is 13.9. The van der Waals surface area contributed by atoms with E-state index >= 15 is 0 Å². The maximum absolute atomic E-state index is 10.1. The fourth-order valence-electron chi connectivity index (χ4n) is 0.979. The van der Waals surface area contributed by atoms with Crippen molar-refractivity contribution in [2.75, 3.05) is 32.5 Å². The molecule has 7 nitrogen and oxygen atoms in total. The SMILES string of the molecule is CCN(CC)CC.O=C(O)CNCP(=O)(O)O. The molecule has 0 rings (SSSR count). The first-order valence-corrected chi connectivity index (χ1v) is 7.25. The lowest BCUT2D eigenvalue weighted by Crippen LogP contribution is -2.23. The minimum absolute atomic E-state index is 0.439. The molecule has 0 amide bonds. The van der Waals surface area contributed by atoms with Gasteiger partial charge < -0.3 is 19.8 Å². The third-order valence-electron chi connectivity index (χ3n) is 1.94. The summed E-state index contributed by atoms with van der Waals surface area (Å²) < 4.78 is 10.1. The number of nitrogens with zero attached hydrogens (tertiary/aromatic N) is 1. The van der Waals surface area contributed by atoms with Crippen LogP contribution in [0.3, 0.4) is 0 Å². The highest BCUT2D eigenvalue weighted by Crippen LogP contribution is 2.31. The van der Waals surface area contributed by atoms with Crippen LogP contribution in [0.1, 0.15) is 20.8 Å². The molecule has 0 aromatic heterocycles. The smallest absolute Gasteiger partial charge is 0.339 e. The quantitative estimate of drug-likeness (QED) is 0.487. The van der Waals surface area contributed by atoms with Crippen LogP contribution in [0.5, 0.6) is 0 Å². The molecular weight excluding hydrogens is 247 g/mol. The molecular formula is C9H23N2O5P. The van der Waals surface area contributed by atoms with E-state index < -0.39 is 26.4 Å². The van der Waals surface area contributed by atoms with Gasteiger partial charge in [0, 0.05) is 0 Å². The van der Waals surface area contributed by atoms with Crippen LogP contribution in [-0.4, -0.2) is 58.2 Å². The molecule has 0 aliphatic carbocycles. The lowest BCUT2D eigenvalue weighted by Gasteiger charge is -2.13. The molecule has 0 unspecified atom stereocenters. The van der Waals surface area contributed by atoms with E-state index in [0.29, 0.717) is 0 Å². The van der Waals surface area contributed by atoms with Crippen molar-refractivity contribution in [2.45, 2.75) is 20.8 Å². The van der Waals surface area contributed by atoms with E-state index in [1.807, 2.05) is 0 Å². The molecule has 0 saturated carbocycles. The van der Waals surface area contributed by atoms with Gasteiger partial charge in [-0.25, -0.2) is 0 Å². The van der Waals surface area contributed by atoms with Crippen LogP contribution in [0, 0.1) is 0 Å². The molecule has 0 atom stereocenters. The van der Waals surface area contributed by atoms with Crippen molar-refractivity contribution in [1.82, 2.24) is 10.2 Å². The number of aliphatic carboxylic acids is 1. The normalized spacial score (nSPS) is 10.9. The molecule has 0 aromatic rings. The molecule has 0 radical (unpaired) electrons. The van der Waals surface area contributed by atoms with Gasteiger partial charge in [-0.2, -0.15) is 0 Å². The Morgan fingerprint density at radius 1 is 1.18 bits per heavy atom. The minimum Gasteiger partial charge on any atom is -0.480 e. The summed E-state index contributed by atoms with van der Waals surface area (Å²) in [4.78, 5) is 28.5. The van der Waals surface area contributed by atoms with Crippen LogP contribution in [-0.2, 0) is 9.36 Å². The van der Waals surface area contributed by atoms with Gasteiger partial charge in [0.15, 0.2) is 0 Å². The number of rotatable bonds is 7. The summed E-state index contributed by atoms with van der Waals surface area (Å²) in [5, 5.41) is 10.1. The number of carboxylic acids is 1. The predicted molar refractivity (Wildman–Crippen MR) is 66.0 cm³/mol. The van der Waals surface area contributed by atoms with E-state index in [4.69, 9.17) is 14.9 Å². The van der Waals surface area contributed by atoms with Crippen molar-refractivity contribution in [3.05, 3.63) is 0 Å². The summed E-state index contributed by atoms with van der Waals surface area (Å²) in [6, 6.07) is 0. The average molecular weight is 270 g/mol. The fourth-order valence-corrected chi connectivity index (χ4v) is 1.38. The van der Waals surface area contributed by atoms with Crippen molar-refractivity contribution < 1.29 is 24.3 Å². The Morgan fingerprint density at radius 3 is 1.76 bits per heavy atom. The van der Waals surface area contributed by atoms with Crippen molar-refractivity contribution >= 4 is 13.6 Å². The van der Waals surface area contributed by atoms with Crippen LogP contribution in [0.15, 0.2) is 0 Å². The standard InChI is InChI=1S/C6H15N.C3H8NO5P/c1-4-7(5-2)6-3;5-3(6)1-4-2-10(7,8)9/h4-6H2,1-3H3;4H,1-2H2,(H,5,6)(H2,7,8,9). The second-order valence-electron chi connectivity index (χ2n) is 3.26. The van der Waals surface area contributed by atoms with E-state index in [9.17, 15) is 9.36 Å². The maximum atomic E-state index is 10.1. The van der Waals surface area contributed by atoms with Crippen LogP contribution >= 0.6 is 7.60 Å². The Hall–Kier alpha value is -0.460. The highest BCUT2D eigenvalue weighted by Gasteiger charge is 2.11. The summed E-state index contributed by atoms with van der Waals surface area (Å²) >= 11 is 0. The van der Waals surface area contributed by atoms with Gasteiger partial charge in [-0.1, -0.05) is 20.8 Å². The molecule has 104 valence electrons. The zero-order valence-corrected chi connectivity index (χ0v) is 11.5. The van der Waals surface area contributed by atoms with Gasteiger partial charge >= 0.3 is 13.6 Å². The van der Waals surface area contributed by atoms with Crippen LogP contribution < -0.4 is 5.32 Å². The molecule has 8 heteroatoms. The molecule has 0 heterocycles. The molecule has 17 heavy (non-hydrogen) atoms.